The first-order valence-electron chi connectivity index (χ1n) is 7.25. The van der Waals surface area contributed by atoms with Crippen LogP contribution in [0.3, 0.4) is 0 Å². The highest BCUT2D eigenvalue weighted by atomic mass is 16.6. The fourth-order valence-corrected chi connectivity index (χ4v) is 2.12. The molecule has 2 rings (SSSR count). The van der Waals surface area contributed by atoms with Crippen molar-refractivity contribution in [2.24, 2.45) is 0 Å². The first kappa shape index (κ1) is 17.9. The minimum absolute atomic E-state index is 0.00450. The summed E-state index contributed by atoms with van der Waals surface area (Å²) >= 11 is 0. The summed E-state index contributed by atoms with van der Waals surface area (Å²) in [5.74, 6) is 0.133. The van der Waals surface area contributed by atoms with Crippen molar-refractivity contribution < 1.29 is 24.0 Å². The van der Waals surface area contributed by atoms with E-state index in [1.54, 1.807) is 12.1 Å². The Morgan fingerprint density at radius 1 is 1.24 bits per heavy atom. The maximum atomic E-state index is 12.1. The number of amides is 1. The van der Waals surface area contributed by atoms with Crippen molar-refractivity contribution >= 4 is 23.6 Å². The van der Waals surface area contributed by atoms with E-state index in [0.29, 0.717) is 17.7 Å². The number of non-ortho nitro benzene ring substituents is 1. The van der Waals surface area contributed by atoms with E-state index in [0.717, 1.165) is 11.6 Å². The number of methoxy groups -OCH3 is 1. The van der Waals surface area contributed by atoms with E-state index >= 15 is 0 Å². The first-order valence-corrected chi connectivity index (χ1v) is 7.25. The minimum atomic E-state index is -0.618. The minimum Gasteiger partial charge on any atom is -0.495 e. The molecule has 0 aliphatic carbocycles. The van der Waals surface area contributed by atoms with Crippen LogP contribution >= 0.6 is 0 Å². The van der Waals surface area contributed by atoms with Crippen LogP contribution in [0.2, 0.25) is 0 Å². The molecule has 0 saturated carbocycles. The average Bonchev–Trinajstić information content (AvgIpc) is 2.59. The van der Waals surface area contributed by atoms with Crippen LogP contribution in [0.4, 0.5) is 11.4 Å². The molecule has 0 aliphatic rings. The molecule has 25 heavy (non-hydrogen) atoms. The van der Waals surface area contributed by atoms with Crippen molar-refractivity contribution in [3.05, 3.63) is 57.6 Å². The van der Waals surface area contributed by atoms with E-state index < -0.39 is 10.8 Å². The Bertz CT molecular complexity index is 819. The second-order valence-electron chi connectivity index (χ2n) is 5.14. The quantitative estimate of drug-likeness (QED) is 0.470. The molecule has 2 aromatic rings. The summed E-state index contributed by atoms with van der Waals surface area (Å²) < 4.78 is 10.5. The Morgan fingerprint density at radius 3 is 2.60 bits per heavy atom. The van der Waals surface area contributed by atoms with E-state index in [9.17, 15) is 19.7 Å². The molecule has 8 heteroatoms. The molecule has 0 saturated heterocycles. The lowest BCUT2D eigenvalue weighted by molar-refractivity contribution is -0.384. The molecular formula is C17H16N2O6. The van der Waals surface area contributed by atoms with Crippen LogP contribution in [-0.2, 0) is 4.79 Å². The fourth-order valence-electron chi connectivity index (χ4n) is 2.12. The Morgan fingerprint density at radius 2 is 1.96 bits per heavy atom. The van der Waals surface area contributed by atoms with Crippen LogP contribution < -0.4 is 14.8 Å². The van der Waals surface area contributed by atoms with Crippen LogP contribution in [-0.4, -0.2) is 30.8 Å². The van der Waals surface area contributed by atoms with Gasteiger partial charge in [-0.2, -0.15) is 0 Å². The summed E-state index contributed by atoms with van der Waals surface area (Å²) in [5.41, 5.74) is 1.20. The molecule has 2 aromatic carbocycles. The molecule has 1 amide bonds. The van der Waals surface area contributed by atoms with E-state index in [4.69, 9.17) is 9.47 Å². The number of aryl methyl sites for hydroxylation is 1. The topological polar surface area (TPSA) is 108 Å². The van der Waals surface area contributed by atoms with Gasteiger partial charge in [0.1, 0.15) is 11.5 Å². The zero-order valence-corrected chi connectivity index (χ0v) is 13.6. The highest BCUT2D eigenvalue weighted by Crippen LogP contribution is 2.26. The largest absolute Gasteiger partial charge is 0.495 e. The number of ether oxygens (including phenoxy) is 2. The van der Waals surface area contributed by atoms with Gasteiger partial charge < -0.3 is 14.8 Å². The summed E-state index contributed by atoms with van der Waals surface area (Å²) in [5, 5.41) is 13.4. The van der Waals surface area contributed by atoms with Gasteiger partial charge in [0.25, 0.3) is 11.6 Å². The van der Waals surface area contributed by atoms with Crippen molar-refractivity contribution in [1.82, 2.24) is 0 Å². The number of anilines is 1. The number of nitro groups is 1. The molecule has 0 bridgehead atoms. The zero-order chi connectivity index (χ0) is 18.4. The van der Waals surface area contributed by atoms with Gasteiger partial charge in [-0.25, -0.2) is 0 Å². The van der Waals surface area contributed by atoms with Crippen molar-refractivity contribution in [3.63, 3.8) is 0 Å². The smallest absolute Gasteiger partial charge is 0.270 e. The number of nitrogens with one attached hydrogen (secondary N) is 1. The van der Waals surface area contributed by atoms with E-state index in [1.165, 1.54) is 19.2 Å². The van der Waals surface area contributed by atoms with Gasteiger partial charge in [0.2, 0.25) is 0 Å². The lowest BCUT2D eigenvalue weighted by atomic mass is 10.2. The number of rotatable bonds is 7. The monoisotopic (exact) mass is 344 g/mol. The third-order valence-electron chi connectivity index (χ3n) is 3.32. The summed E-state index contributed by atoms with van der Waals surface area (Å²) in [6.45, 7) is 1.51. The molecule has 130 valence electrons. The van der Waals surface area contributed by atoms with Crippen LogP contribution in [0, 0.1) is 17.0 Å². The first-order chi connectivity index (χ1) is 11.9. The summed E-state index contributed by atoms with van der Waals surface area (Å²) in [6, 6.07) is 8.89. The molecule has 0 aliphatic heterocycles. The molecule has 0 atom stereocenters. The SMILES string of the molecule is COc1ccc(C)cc1NC(=O)COc1ccc([N+](=O)[O-])cc1C=O. The second-order valence-corrected chi connectivity index (χ2v) is 5.14. The van der Waals surface area contributed by atoms with Gasteiger partial charge in [-0.3, -0.25) is 19.7 Å². The Hall–Kier alpha value is -3.42. The second kappa shape index (κ2) is 7.91. The van der Waals surface area contributed by atoms with Gasteiger partial charge in [-0.15, -0.1) is 0 Å². The standard InChI is InChI=1S/C17H16N2O6/c1-11-3-5-16(24-2)14(7-11)18-17(21)10-25-15-6-4-13(19(22)23)8-12(15)9-20/h3-9H,10H2,1-2H3,(H,18,21). The molecular weight excluding hydrogens is 328 g/mol. The number of hydrogen-bond acceptors (Lipinski definition) is 6. The number of carbonyl (C=O) groups is 2. The highest BCUT2D eigenvalue weighted by molar-refractivity contribution is 5.93. The Labute approximate surface area is 143 Å². The lowest BCUT2D eigenvalue weighted by Crippen LogP contribution is -2.21. The number of nitrogens with zero attached hydrogens (tertiary/aromatic N) is 1. The summed E-state index contributed by atoms with van der Waals surface area (Å²) in [4.78, 5) is 33.2. The molecule has 0 heterocycles. The number of benzene rings is 2. The lowest BCUT2D eigenvalue weighted by Gasteiger charge is -2.12. The normalized spacial score (nSPS) is 10.0. The van der Waals surface area contributed by atoms with Gasteiger partial charge in [-0.1, -0.05) is 6.07 Å². The molecule has 0 spiro atoms. The fraction of sp³-hybridized carbons (Fsp3) is 0.176. The maximum absolute atomic E-state index is 12.1. The van der Waals surface area contributed by atoms with Crippen LogP contribution in [0.15, 0.2) is 36.4 Å². The molecule has 0 radical (unpaired) electrons. The van der Waals surface area contributed by atoms with E-state index in [-0.39, 0.29) is 23.6 Å². The number of nitro benzene ring substituents is 1. The van der Waals surface area contributed by atoms with Gasteiger partial charge in [0.05, 0.1) is 23.3 Å². The molecule has 0 aromatic heterocycles. The van der Waals surface area contributed by atoms with Crippen molar-refractivity contribution in [1.29, 1.82) is 0 Å². The van der Waals surface area contributed by atoms with E-state index in [2.05, 4.69) is 5.32 Å². The number of hydrogen-bond donors (Lipinski definition) is 1. The van der Waals surface area contributed by atoms with Crippen molar-refractivity contribution in [2.45, 2.75) is 6.92 Å². The summed E-state index contributed by atoms with van der Waals surface area (Å²) in [6.07, 6.45) is 0.434. The van der Waals surface area contributed by atoms with Gasteiger partial charge in [0.15, 0.2) is 12.9 Å². The van der Waals surface area contributed by atoms with E-state index in [1.807, 2.05) is 13.0 Å². The van der Waals surface area contributed by atoms with Gasteiger partial charge >= 0.3 is 0 Å². The molecule has 8 nitrogen and oxygen atoms in total. The van der Waals surface area contributed by atoms with Crippen molar-refractivity contribution in [3.8, 4) is 11.5 Å². The molecule has 0 fully saturated rings. The van der Waals surface area contributed by atoms with Crippen LogP contribution in [0.1, 0.15) is 15.9 Å². The average molecular weight is 344 g/mol. The van der Waals surface area contributed by atoms with Crippen LogP contribution in [0.25, 0.3) is 0 Å². The van der Waals surface area contributed by atoms with Crippen LogP contribution in [0.5, 0.6) is 11.5 Å². The third kappa shape index (κ3) is 4.54. The Balaban J connectivity index is 2.06. The Kier molecular flexibility index (Phi) is 5.67. The zero-order valence-electron chi connectivity index (χ0n) is 13.6. The third-order valence-corrected chi connectivity index (χ3v) is 3.32. The number of aldehydes is 1. The maximum Gasteiger partial charge on any atom is 0.270 e. The predicted molar refractivity (Wildman–Crippen MR) is 90.3 cm³/mol. The van der Waals surface area contributed by atoms with Gasteiger partial charge in [-0.05, 0) is 30.7 Å². The molecule has 1 N–H and O–H groups in total. The highest BCUT2D eigenvalue weighted by Gasteiger charge is 2.13. The van der Waals surface area contributed by atoms with Crippen molar-refractivity contribution in [2.75, 3.05) is 19.0 Å². The van der Waals surface area contributed by atoms with Gasteiger partial charge in [0, 0.05) is 12.1 Å². The predicted octanol–water partition coefficient (Wildman–Crippen LogP) is 2.74. The number of carbonyl (C=O) groups excluding carboxylic acids is 2. The summed E-state index contributed by atoms with van der Waals surface area (Å²) in [7, 11) is 1.49. The molecule has 0 unspecified atom stereocenters.